The Hall–Kier alpha value is -3.43. The minimum Gasteiger partial charge on any atom is -0.321 e. The lowest BCUT2D eigenvalue weighted by Crippen LogP contribution is -2.37. The summed E-state index contributed by atoms with van der Waals surface area (Å²) in [6.45, 7) is 0. The molecule has 0 bridgehead atoms. The zero-order valence-electron chi connectivity index (χ0n) is 14.2. The second-order valence-corrected chi connectivity index (χ2v) is 5.80. The summed E-state index contributed by atoms with van der Waals surface area (Å²) in [6.07, 6.45) is -3.53. The SMILES string of the molecule is Cn1c(=O)c2cc(NC(=O)c3ccccc3C(F)(F)F)cnc2n(C)c1=O. The van der Waals surface area contributed by atoms with Crippen LogP contribution < -0.4 is 16.6 Å². The molecule has 7 nitrogen and oxygen atoms in total. The number of rotatable bonds is 2. The number of aryl methyl sites for hydroxylation is 1. The number of alkyl halides is 3. The van der Waals surface area contributed by atoms with Gasteiger partial charge in [0.05, 0.1) is 28.4 Å². The standard InChI is InChI=1S/C17H13F3N4O3/c1-23-13-11(15(26)24(2)16(23)27)7-9(8-21-13)22-14(25)10-5-3-4-6-12(10)17(18,19)20/h3-8H,1-2H3,(H,22,25). The number of nitrogens with zero attached hydrogens (tertiary/aromatic N) is 3. The van der Waals surface area contributed by atoms with Crippen molar-refractivity contribution in [3.63, 3.8) is 0 Å². The minimum atomic E-state index is -4.69. The van der Waals surface area contributed by atoms with Crippen LogP contribution in [0.25, 0.3) is 11.0 Å². The van der Waals surface area contributed by atoms with E-state index in [0.717, 1.165) is 27.5 Å². The number of nitrogens with one attached hydrogen (secondary N) is 1. The van der Waals surface area contributed by atoms with Gasteiger partial charge in [0, 0.05) is 14.1 Å². The molecule has 0 saturated heterocycles. The molecule has 27 heavy (non-hydrogen) atoms. The van der Waals surface area contributed by atoms with Crippen LogP contribution in [0.1, 0.15) is 15.9 Å². The smallest absolute Gasteiger partial charge is 0.321 e. The first kappa shape index (κ1) is 18.4. The van der Waals surface area contributed by atoms with E-state index in [9.17, 15) is 27.6 Å². The van der Waals surface area contributed by atoms with Crippen molar-refractivity contribution in [1.82, 2.24) is 14.1 Å². The average Bonchev–Trinajstić information content (AvgIpc) is 2.64. The summed E-state index contributed by atoms with van der Waals surface area (Å²) in [4.78, 5) is 40.4. The normalized spacial score (nSPS) is 11.6. The lowest BCUT2D eigenvalue weighted by molar-refractivity contribution is -0.137. The maximum absolute atomic E-state index is 13.1. The monoisotopic (exact) mass is 378 g/mol. The van der Waals surface area contributed by atoms with E-state index in [0.29, 0.717) is 0 Å². The van der Waals surface area contributed by atoms with Gasteiger partial charge in [-0.1, -0.05) is 12.1 Å². The third-order valence-corrected chi connectivity index (χ3v) is 4.03. The average molecular weight is 378 g/mol. The quantitative estimate of drug-likeness (QED) is 0.738. The highest BCUT2D eigenvalue weighted by Crippen LogP contribution is 2.32. The molecule has 0 saturated carbocycles. The van der Waals surface area contributed by atoms with E-state index in [1.54, 1.807) is 0 Å². The van der Waals surface area contributed by atoms with Gasteiger partial charge in [0.2, 0.25) is 0 Å². The maximum atomic E-state index is 13.1. The Morgan fingerprint density at radius 2 is 1.78 bits per heavy atom. The summed E-state index contributed by atoms with van der Waals surface area (Å²) in [7, 11) is 2.71. The Balaban J connectivity index is 2.05. The van der Waals surface area contributed by atoms with Crippen LogP contribution in [0.3, 0.4) is 0 Å². The van der Waals surface area contributed by atoms with Gasteiger partial charge < -0.3 is 5.32 Å². The molecule has 0 spiro atoms. The number of anilines is 1. The lowest BCUT2D eigenvalue weighted by atomic mass is 10.1. The van der Waals surface area contributed by atoms with E-state index in [-0.39, 0.29) is 16.7 Å². The zero-order valence-corrected chi connectivity index (χ0v) is 14.2. The number of aromatic nitrogens is 3. The number of hydrogen-bond donors (Lipinski definition) is 1. The first-order valence-corrected chi connectivity index (χ1v) is 7.64. The summed E-state index contributed by atoms with van der Waals surface area (Å²) < 4.78 is 41.2. The van der Waals surface area contributed by atoms with Gasteiger partial charge >= 0.3 is 11.9 Å². The molecule has 3 aromatic rings. The summed E-state index contributed by atoms with van der Waals surface area (Å²) in [5, 5.41) is 2.35. The van der Waals surface area contributed by atoms with Crippen molar-refractivity contribution in [3.8, 4) is 0 Å². The van der Waals surface area contributed by atoms with Crippen LogP contribution >= 0.6 is 0 Å². The number of hydrogen-bond acceptors (Lipinski definition) is 4. The number of fused-ring (bicyclic) bond motifs is 1. The number of carbonyl (C=O) groups is 1. The molecule has 10 heteroatoms. The first-order chi connectivity index (χ1) is 12.6. The highest BCUT2D eigenvalue weighted by atomic mass is 19.4. The molecule has 0 aliphatic rings. The van der Waals surface area contributed by atoms with Gasteiger partial charge in [0.25, 0.3) is 11.5 Å². The molecule has 1 aromatic carbocycles. The highest BCUT2D eigenvalue weighted by Gasteiger charge is 2.34. The van der Waals surface area contributed by atoms with E-state index >= 15 is 0 Å². The number of benzene rings is 1. The zero-order chi connectivity index (χ0) is 19.9. The largest absolute Gasteiger partial charge is 0.417 e. The van der Waals surface area contributed by atoms with Crippen LogP contribution in [0, 0.1) is 0 Å². The Morgan fingerprint density at radius 3 is 2.44 bits per heavy atom. The predicted octanol–water partition coefficient (Wildman–Crippen LogP) is 1.90. The van der Waals surface area contributed by atoms with E-state index in [2.05, 4.69) is 10.3 Å². The Labute approximate surface area is 149 Å². The molecule has 1 amide bonds. The highest BCUT2D eigenvalue weighted by molar-refractivity contribution is 6.05. The topological polar surface area (TPSA) is 86.0 Å². The lowest BCUT2D eigenvalue weighted by Gasteiger charge is -2.13. The van der Waals surface area contributed by atoms with Gasteiger partial charge in [-0.25, -0.2) is 9.78 Å². The summed E-state index contributed by atoms with van der Waals surface area (Å²) in [5.74, 6) is -0.995. The summed E-state index contributed by atoms with van der Waals surface area (Å²) in [6, 6.07) is 5.61. The van der Waals surface area contributed by atoms with Crippen LogP contribution in [0.15, 0.2) is 46.1 Å². The van der Waals surface area contributed by atoms with Crippen molar-refractivity contribution in [2.45, 2.75) is 6.18 Å². The van der Waals surface area contributed by atoms with E-state index in [4.69, 9.17) is 0 Å². The fourth-order valence-corrected chi connectivity index (χ4v) is 2.66. The molecule has 0 aliphatic heterocycles. The minimum absolute atomic E-state index is 0.0280. The van der Waals surface area contributed by atoms with Gasteiger partial charge in [-0.2, -0.15) is 13.2 Å². The first-order valence-electron chi connectivity index (χ1n) is 7.64. The second-order valence-electron chi connectivity index (χ2n) is 5.80. The van der Waals surface area contributed by atoms with Crippen LogP contribution in [0.2, 0.25) is 0 Å². The van der Waals surface area contributed by atoms with Gasteiger partial charge in [-0.15, -0.1) is 0 Å². The third-order valence-electron chi connectivity index (χ3n) is 4.03. The van der Waals surface area contributed by atoms with E-state index in [1.807, 2.05) is 0 Å². The molecular formula is C17H13F3N4O3. The molecule has 3 rings (SSSR count). The molecule has 2 heterocycles. The van der Waals surface area contributed by atoms with Crippen molar-refractivity contribution in [2.24, 2.45) is 14.1 Å². The van der Waals surface area contributed by atoms with Gasteiger partial charge in [0.1, 0.15) is 5.65 Å². The number of amides is 1. The van der Waals surface area contributed by atoms with Crippen LogP contribution in [-0.2, 0) is 20.3 Å². The van der Waals surface area contributed by atoms with Crippen LogP contribution in [-0.4, -0.2) is 20.0 Å². The van der Waals surface area contributed by atoms with Crippen molar-refractivity contribution in [1.29, 1.82) is 0 Å². The van der Waals surface area contributed by atoms with Crippen LogP contribution in [0.5, 0.6) is 0 Å². The molecule has 0 unspecified atom stereocenters. The maximum Gasteiger partial charge on any atom is 0.417 e. The summed E-state index contributed by atoms with van der Waals surface area (Å²) >= 11 is 0. The van der Waals surface area contributed by atoms with E-state index < -0.39 is 34.5 Å². The predicted molar refractivity (Wildman–Crippen MR) is 91.6 cm³/mol. The molecule has 1 N–H and O–H groups in total. The number of halogens is 3. The molecule has 0 fully saturated rings. The Bertz CT molecular complexity index is 1180. The Morgan fingerprint density at radius 1 is 1.11 bits per heavy atom. The number of pyridine rings is 1. The summed E-state index contributed by atoms with van der Waals surface area (Å²) in [5.41, 5.74) is -2.71. The van der Waals surface area contributed by atoms with Crippen molar-refractivity contribution >= 4 is 22.6 Å². The Kier molecular flexibility index (Phi) is 4.34. The number of carbonyl (C=O) groups excluding carboxylic acids is 1. The second kappa shape index (κ2) is 6.38. The van der Waals surface area contributed by atoms with Crippen molar-refractivity contribution in [2.75, 3.05) is 5.32 Å². The molecule has 140 valence electrons. The van der Waals surface area contributed by atoms with Gasteiger partial charge in [-0.05, 0) is 18.2 Å². The fraction of sp³-hybridized carbons (Fsp3) is 0.176. The van der Waals surface area contributed by atoms with Crippen molar-refractivity contribution < 1.29 is 18.0 Å². The fourth-order valence-electron chi connectivity index (χ4n) is 2.66. The molecule has 0 radical (unpaired) electrons. The third kappa shape index (κ3) is 3.21. The van der Waals surface area contributed by atoms with Crippen LogP contribution in [0.4, 0.5) is 18.9 Å². The molecule has 2 aromatic heterocycles. The van der Waals surface area contributed by atoms with Gasteiger partial charge in [-0.3, -0.25) is 18.7 Å². The molecule has 0 aliphatic carbocycles. The van der Waals surface area contributed by atoms with Gasteiger partial charge in [0.15, 0.2) is 0 Å². The van der Waals surface area contributed by atoms with Crippen molar-refractivity contribution in [3.05, 3.63) is 68.5 Å². The molecule has 0 atom stereocenters. The molecular weight excluding hydrogens is 365 g/mol. The van der Waals surface area contributed by atoms with E-state index in [1.165, 1.54) is 32.3 Å².